The third-order valence-corrected chi connectivity index (χ3v) is 6.27. The van der Waals surface area contributed by atoms with Crippen molar-refractivity contribution in [3.05, 3.63) is 29.3 Å². The number of hydrogen-bond donors (Lipinski definition) is 3. The van der Waals surface area contributed by atoms with Crippen molar-refractivity contribution in [2.75, 3.05) is 25.5 Å². The molecular weight excluding hydrogens is 326 g/mol. The quantitative estimate of drug-likeness (QED) is 0.756. The molecule has 1 amide bonds. The largest absolute Gasteiger partial charge is 0.395 e. The molecule has 0 radical (unpaired) electrons. The fourth-order valence-electron chi connectivity index (χ4n) is 4.38. The maximum atomic E-state index is 13.3. The highest BCUT2D eigenvalue weighted by Gasteiger charge is 2.41. The van der Waals surface area contributed by atoms with E-state index in [1.165, 1.54) is 17.5 Å². The molecule has 5 heteroatoms. The van der Waals surface area contributed by atoms with Crippen LogP contribution in [0.1, 0.15) is 49.7 Å². The van der Waals surface area contributed by atoms with Crippen LogP contribution in [-0.4, -0.2) is 53.7 Å². The molecule has 0 bridgehead atoms. The maximum Gasteiger partial charge on any atom is 0.245 e. The van der Waals surface area contributed by atoms with Crippen molar-refractivity contribution >= 4 is 11.6 Å². The van der Waals surface area contributed by atoms with E-state index in [1.54, 1.807) is 0 Å². The average Bonchev–Trinajstić information content (AvgIpc) is 2.98. The Labute approximate surface area is 157 Å². The number of benzene rings is 1. The minimum absolute atomic E-state index is 0.116. The van der Waals surface area contributed by atoms with E-state index in [1.807, 2.05) is 7.05 Å². The van der Waals surface area contributed by atoms with Crippen molar-refractivity contribution in [3.8, 4) is 0 Å². The summed E-state index contributed by atoms with van der Waals surface area (Å²) in [5.74, 6) is 0.118. The van der Waals surface area contributed by atoms with Gasteiger partial charge in [-0.2, -0.15) is 0 Å². The van der Waals surface area contributed by atoms with Gasteiger partial charge in [-0.3, -0.25) is 9.69 Å². The number of anilines is 1. The molecule has 3 rings (SSSR count). The van der Waals surface area contributed by atoms with Crippen LogP contribution >= 0.6 is 0 Å². The summed E-state index contributed by atoms with van der Waals surface area (Å²) in [6.07, 6.45) is 5.92. The van der Waals surface area contributed by atoms with E-state index in [2.05, 4.69) is 47.6 Å². The molecule has 1 aliphatic heterocycles. The lowest BCUT2D eigenvalue weighted by atomic mass is 9.80. The molecule has 26 heavy (non-hydrogen) atoms. The predicted molar refractivity (Wildman–Crippen MR) is 105 cm³/mol. The van der Waals surface area contributed by atoms with Crippen LogP contribution in [0.3, 0.4) is 0 Å². The zero-order chi connectivity index (χ0) is 18.7. The summed E-state index contributed by atoms with van der Waals surface area (Å²) in [5.41, 5.74) is 3.02. The first kappa shape index (κ1) is 19.2. The highest BCUT2D eigenvalue weighted by Crippen LogP contribution is 2.33. The molecule has 1 aromatic rings. The summed E-state index contributed by atoms with van der Waals surface area (Å²) in [6.45, 7) is 5.17. The topological polar surface area (TPSA) is 64.6 Å². The summed E-state index contributed by atoms with van der Waals surface area (Å²) < 4.78 is 0. The molecule has 1 aromatic carbocycles. The number of rotatable bonds is 5. The van der Waals surface area contributed by atoms with E-state index in [0.717, 1.165) is 44.3 Å². The number of aryl methyl sites for hydroxylation is 2. The Morgan fingerprint density at radius 2 is 1.96 bits per heavy atom. The summed E-state index contributed by atoms with van der Waals surface area (Å²) in [5, 5.41) is 16.3. The molecule has 2 fully saturated rings. The summed E-state index contributed by atoms with van der Waals surface area (Å²) in [4.78, 5) is 15.4. The van der Waals surface area contributed by atoms with Gasteiger partial charge >= 0.3 is 0 Å². The molecule has 2 aliphatic rings. The van der Waals surface area contributed by atoms with E-state index in [4.69, 9.17) is 0 Å². The third kappa shape index (κ3) is 4.04. The first-order chi connectivity index (χ1) is 12.4. The third-order valence-electron chi connectivity index (χ3n) is 6.27. The van der Waals surface area contributed by atoms with Crippen LogP contribution in [0, 0.1) is 13.8 Å². The van der Waals surface area contributed by atoms with Crippen molar-refractivity contribution in [1.29, 1.82) is 0 Å². The van der Waals surface area contributed by atoms with Crippen molar-refractivity contribution in [3.63, 3.8) is 0 Å². The lowest BCUT2D eigenvalue weighted by molar-refractivity contribution is -0.127. The van der Waals surface area contributed by atoms with Gasteiger partial charge in [-0.1, -0.05) is 25.3 Å². The van der Waals surface area contributed by atoms with Gasteiger partial charge in [0.1, 0.15) is 5.54 Å². The van der Waals surface area contributed by atoms with Crippen molar-refractivity contribution in [2.45, 2.75) is 70.0 Å². The number of nitrogens with zero attached hydrogens (tertiary/aromatic N) is 1. The van der Waals surface area contributed by atoms with Gasteiger partial charge in [-0.25, -0.2) is 0 Å². The van der Waals surface area contributed by atoms with Crippen LogP contribution in [0.4, 0.5) is 5.69 Å². The molecule has 144 valence electrons. The summed E-state index contributed by atoms with van der Waals surface area (Å²) in [7, 11) is 2.01. The fourth-order valence-corrected chi connectivity index (χ4v) is 4.38. The van der Waals surface area contributed by atoms with E-state index in [0.29, 0.717) is 0 Å². The van der Waals surface area contributed by atoms with E-state index in [-0.39, 0.29) is 24.6 Å². The second kappa shape index (κ2) is 7.97. The molecule has 3 N–H and O–H groups in total. The van der Waals surface area contributed by atoms with Crippen molar-refractivity contribution in [2.24, 2.45) is 0 Å². The van der Waals surface area contributed by atoms with Gasteiger partial charge < -0.3 is 15.7 Å². The second-order valence-corrected chi connectivity index (χ2v) is 8.25. The highest BCUT2D eigenvalue weighted by molar-refractivity contribution is 5.90. The van der Waals surface area contributed by atoms with Crippen LogP contribution in [0.15, 0.2) is 18.2 Å². The smallest absolute Gasteiger partial charge is 0.245 e. The van der Waals surface area contributed by atoms with Gasteiger partial charge in [-0.15, -0.1) is 0 Å². The molecule has 0 aromatic heterocycles. The van der Waals surface area contributed by atoms with Crippen LogP contribution < -0.4 is 10.6 Å². The molecule has 2 atom stereocenters. The average molecular weight is 360 g/mol. The molecule has 1 saturated heterocycles. The minimum atomic E-state index is -0.518. The zero-order valence-corrected chi connectivity index (χ0v) is 16.3. The fraction of sp³-hybridized carbons (Fsp3) is 0.667. The van der Waals surface area contributed by atoms with Crippen LogP contribution in [0.2, 0.25) is 0 Å². The first-order valence-electron chi connectivity index (χ1n) is 9.91. The Morgan fingerprint density at radius 3 is 2.58 bits per heavy atom. The lowest BCUT2D eigenvalue weighted by Crippen LogP contribution is -2.56. The number of likely N-dealkylation sites (tertiary alicyclic amines) is 1. The first-order valence-corrected chi connectivity index (χ1v) is 9.91. The normalized spacial score (nSPS) is 25.8. The van der Waals surface area contributed by atoms with E-state index < -0.39 is 5.54 Å². The Morgan fingerprint density at radius 1 is 1.23 bits per heavy atom. The zero-order valence-electron chi connectivity index (χ0n) is 16.3. The Hall–Kier alpha value is -1.59. The van der Waals surface area contributed by atoms with Crippen molar-refractivity contribution < 1.29 is 9.90 Å². The summed E-state index contributed by atoms with van der Waals surface area (Å²) >= 11 is 0. The SMILES string of the molecule is Cc1ccc(NC2(C(=O)N[C@@H]3C[C@@H](CO)N(C)C3)CCCCC2)cc1C. The number of aliphatic hydroxyl groups excluding tert-OH is 1. The molecule has 1 aliphatic carbocycles. The van der Waals surface area contributed by atoms with Gasteiger partial charge in [0.2, 0.25) is 5.91 Å². The second-order valence-electron chi connectivity index (χ2n) is 8.25. The number of aliphatic hydroxyl groups is 1. The van der Waals surface area contributed by atoms with Crippen LogP contribution in [0.25, 0.3) is 0 Å². The van der Waals surface area contributed by atoms with Gasteiger partial charge in [0.15, 0.2) is 0 Å². The monoisotopic (exact) mass is 359 g/mol. The Bertz CT molecular complexity index is 640. The molecule has 5 nitrogen and oxygen atoms in total. The Kier molecular flexibility index (Phi) is 5.88. The van der Waals surface area contributed by atoms with E-state index in [9.17, 15) is 9.90 Å². The molecule has 1 heterocycles. The van der Waals surface area contributed by atoms with Gasteiger partial charge in [0, 0.05) is 24.3 Å². The van der Waals surface area contributed by atoms with Crippen molar-refractivity contribution in [1.82, 2.24) is 10.2 Å². The highest BCUT2D eigenvalue weighted by atomic mass is 16.3. The maximum absolute atomic E-state index is 13.3. The number of amides is 1. The van der Waals surface area contributed by atoms with Crippen LogP contribution in [-0.2, 0) is 4.79 Å². The van der Waals surface area contributed by atoms with Gasteiger partial charge in [-0.05, 0) is 63.4 Å². The minimum Gasteiger partial charge on any atom is -0.395 e. The number of nitrogens with one attached hydrogen (secondary N) is 2. The van der Waals surface area contributed by atoms with Gasteiger partial charge in [0.25, 0.3) is 0 Å². The Balaban J connectivity index is 1.74. The lowest BCUT2D eigenvalue weighted by Gasteiger charge is -2.38. The van der Waals surface area contributed by atoms with E-state index >= 15 is 0 Å². The standard InChI is InChI=1S/C21H33N3O2/c1-15-7-8-17(11-16(15)2)23-21(9-5-4-6-10-21)20(26)22-18-12-19(14-25)24(3)13-18/h7-8,11,18-19,23,25H,4-6,9-10,12-14H2,1-3H3,(H,22,26)/t18-,19+/m1/s1. The predicted octanol–water partition coefficient (Wildman–Crippen LogP) is 2.60. The van der Waals surface area contributed by atoms with Gasteiger partial charge in [0.05, 0.1) is 6.61 Å². The summed E-state index contributed by atoms with van der Waals surface area (Å²) in [6, 6.07) is 6.60. The molecular formula is C21H33N3O2. The molecule has 0 unspecified atom stereocenters. The molecule has 1 saturated carbocycles. The number of carbonyl (C=O) groups is 1. The number of carbonyl (C=O) groups excluding carboxylic acids is 1. The number of hydrogen-bond acceptors (Lipinski definition) is 4. The van der Waals surface area contributed by atoms with Crippen LogP contribution in [0.5, 0.6) is 0 Å². The molecule has 0 spiro atoms. The number of likely N-dealkylation sites (N-methyl/N-ethyl adjacent to an activating group) is 1.